The number of hydrogen-bond donors (Lipinski definition) is 1. The average Bonchev–Trinajstić information content (AvgIpc) is 2.67. The van der Waals surface area contributed by atoms with Gasteiger partial charge in [-0.05, 0) is 75.0 Å². The van der Waals surface area contributed by atoms with Crippen LogP contribution in [0.25, 0.3) is 0 Å². The summed E-state index contributed by atoms with van der Waals surface area (Å²) in [4.78, 5) is 14.6. The van der Waals surface area contributed by atoms with Gasteiger partial charge in [-0.15, -0.1) is 0 Å². The Morgan fingerprint density at radius 3 is 2.56 bits per heavy atom. The van der Waals surface area contributed by atoms with E-state index in [1.165, 1.54) is 17.7 Å². The topological polar surface area (TPSA) is 41.6 Å². The fourth-order valence-electron chi connectivity index (χ4n) is 3.55. The number of benzene rings is 2. The Bertz CT molecular complexity index is 740. The van der Waals surface area contributed by atoms with Gasteiger partial charge in [-0.25, -0.2) is 4.39 Å². The third-order valence-electron chi connectivity index (χ3n) is 4.97. The molecule has 1 heterocycles. The van der Waals surface area contributed by atoms with Crippen molar-refractivity contribution in [1.82, 2.24) is 4.90 Å². The van der Waals surface area contributed by atoms with E-state index in [0.717, 1.165) is 38.0 Å². The molecule has 2 aromatic rings. The number of anilines is 1. The number of nitrogens with zero attached hydrogens (tertiary/aromatic N) is 1. The lowest BCUT2D eigenvalue weighted by Gasteiger charge is -2.31. The average molecular weight is 370 g/mol. The summed E-state index contributed by atoms with van der Waals surface area (Å²) in [6.07, 6.45) is 3.09. The van der Waals surface area contributed by atoms with Crippen molar-refractivity contribution in [2.75, 3.05) is 31.6 Å². The van der Waals surface area contributed by atoms with Crippen LogP contribution in [0.2, 0.25) is 0 Å². The van der Waals surface area contributed by atoms with Crippen molar-refractivity contribution < 1.29 is 13.9 Å². The number of carbonyl (C=O) groups excluding carboxylic acids is 1. The van der Waals surface area contributed by atoms with Crippen LogP contribution in [0.15, 0.2) is 48.5 Å². The first-order chi connectivity index (χ1) is 13.1. The van der Waals surface area contributed by atoms with Crippen LogP contribution in [0.4, 0.5) is 10.1 Å². The first kappa shape index (κ1) is 19.4. The Hall–Kier alpha value is -2.40. The summed E-state index contributed by atoms with van der Waals surface area (Å²) < 4.78 is 18.6. The van der Waals surface area contributed by atoms with Gasteiger partial charge in [-0.2, -0.15) is 0 Å². The molecule has 0 aliphatic carbocycles. The van der Waals surface area contributed by atoms with Crippen LogP contribution in [-0.4, -0.2) is 37.0 Å². The Morgan fingerprint density at radius 2 is 1.85 bits per heavy atom. The van der Waals surface area contributed by atoms with Gasteiger partial charge in [0, 0.05) is 0 Å². The number of para-hydroxylation sites is 2. The van der Waals surface area contributed by atoms with E-state index in [1.807, 2.05) is 43.3 Å². The zero-order valence-corrected chi connectivity index (χ0v) is 15.8. The summed E-state index contributed by atoms with van der Waals surface area (Å²) in [5, 5.41) is 2.96. The predicted molar refractivity (Wildman–Crippen MR) is 106 cm³/mol. The molecule has 1 fully saturated rings. The van der Waals surface area contributed by atoms with Gasteiger partial charge in [0.05, 0.1) is 18.8 Å². The molecule has 0 saturated carbocycles. The third kappa shape index (κ3) is 5.79. The summed E-state index contributed by atoms with van der Waals surface area (Å²) in [7, 11) is 0. The number of halogens is 1. The van der Waals surface area contributed by atoms with Crippen molar-refractivity contribution in [3.05, 3.63) is 59.9 Å². The van der Waals surface area contributed by atoms with Crippen molar-refractivity contribution in [2.45, 2.75) is 26.2 Å². The van der Waals surface area contributed by atoms with Crippen molar-refractivity contribution in [3.8, 4) is 5.75 Å². The maximum Gasteiger partial charge on any atom is 0.238 e. The summed E-state index contributed by atoms with van der Waals surface area (Å²) in [6.45, 7) is 4.70. The minimum atomic E-state index is -0.189. The van der Waals surface area contributed by atoms with Gasteiger partial charge < -0.3 is 10.1 Å². The number of nitrogens with one attached hydrogen (secondary N) is 1. The third-order valence-corrected chi connectivity index (χ3v) is 4.97. The molecule has 2 aromatic carbocycles. The SMILES string of the molecule is CCOc1ccccc1NC(=O)CN1CCC(Cc2ccc(F)cc2)CC1. The van der Waals surface area contributed by atoms with Gasteiger partial charge in [0.2, 0.25) is 5.91 Å². The van der Waals surface area contributed by atoms with E-state index in [2.05, 4.69) is 10.2 Å². The van der Waals surface area contributed by atoms with E-state index >= 15 is 0 Å². The number of ether oxygens (including phenoxy) is 1. The lowest BCUT2D eigenvalue weighted by molar-refractivity contribution is -0.117. The van der Waals surface area contributed by atoms with Crippen LogP contribution in [0.3, 0.4) is 0 Å². The maximum atomic E-state index is 13.0. The number of likely N-dealkylation sites (tertiary alicyclic amines) is 1. The fourth-order valence-corrected chi connectivity index (χ4v) is 3.55. The molecule has 0 bridgehead atoms. The van der Waals surface area contributed by atoms with Crippen LogP contribution in [-0.2, 0) is 11.2 Å². The van der Waals surface area contributed by atoms with Gasteiger partial charge in [-0.1, -0.05) is 24.3 Å². The van der Waals surface area contributed by atoms with E-state index in [4.69, 9.17) is 4.74 Å². The van der Waals surface area contributed by atoms with Crippen molar-refractivity contribution in [2.24, 2.45) is 5.92 Å². The first-order valence-electron chi connectivity index (χ1n) is 9.62. The zero-order chi connectivity index (χ0) is 19.1. The Morgan fingerprint density at radius 1 is 1.15 bits per heavy atom. The Labute approximate surface area is 160 Å². The smallest absolute Gasteiger partial charge is 0.238 e. The van der Waals surface area contributed by atoms with Crippen molar-refractivity contribution >= 4 is 11.6 Å². The van der Waals surface area contributed by atoms with Crippen LogP contribution in [0.5, 0.6) is 5.75 Å². The minimum Gasteiger partial charge on any atom is -0.492 e. The quantitative estimate of drug-likeness (QED) is 0.797. The number of hydrogen-bond acceptors (Lipinski definition) is 3. The number of rotatable bonds is 7. The van der Waals surface area contributed by atoms with Crippen molar-refractivity contribution in [3.63, 3.8) is 0 Å². The van der Waals surface area contributed by atoms with Crippen LogP contribution in [0, 0.1) is 11.7 Å². The molecular weight excluding hydrogens is 343 g/mol. The first-order valence-corrected chi connectivity index (χ1v) is 9.62. The minimum absolute atomic E-state index is 0.0147. The number of amides is 1. The molecule has 1 aliphatic rings. The molecule has 0 atom stereocenters. The Kier molecular flexibility index (Phi) is 6.82. The predicted octanol–water partition coefficient (Wildman–Crippen LogP) is 4.12. The van der Waals surface area contributed by atoms with Gasteiger partial charge in [0.15, 0.2) is 0 Å². The van der Waals surface area contributed by atoms with E-state index in [-0.39, 0.29) is 11.7 Å². The Balaban J connectivity index is 1.45. The second kappa shape index (κ2) is 9.51. The van der Waals surface area contributed by atoms with E-state index in [9.17, 15) is 9.18 Å². The molecule has 4 nitrogen and oxygen atoms in total. The second-order valence-electron chi connectivity index (χ2n) is 7.03. The molecule has 0 radical (unpaired) electrons. The largest absolute Gasteiger partial charge is 0.492 e. The molecule has 1 aliphatic heterocycles. The normalized spacial score (nSPS) is 15.5. The molecule has 0 spiro atoms. The highest BCUT2D eigenvalue weighted by Gasteiger charge is 2.21. The highest BCUT2D eigenvalue weighted by atomic mass is 19.1. The molecule has 1 amide bonds. The molecule has 1 saturated heterocycles. The molecular formula is C22H27FN2O2. The van der Waals surface area contributed by atoms with E-state index in [0.29, 0.717) is 24.8 Å². The lowest BCUT2D eigenvalue weighted by Crippen LogP contribution is -2.39. The fraction of sp³-hybridized carbons (Fsp3) is 0.409. The van der Waals surface area contributed by atoms with Crippen molar-refractivity contribution in [1.29, 1.82) is 0 Å². The molecule has 1 N–H and O–H groups in total. The molecule has 3 rings (SSSR count). The van der Waals surface area contributed by atoms with E-state index < -0.39 is 0 Å². The standard InChI is InChI=1S/C22H27FN2O2/c1-2-27-21-6-4-3-5-20(21)24-22(26)16-25-13-11-18(12-14-25)15-17-7-9-19(23)10-8-17/h3-10,18H,2,11-16H2,1H3,(H,24,26). The molecule has 27 heavy (non-hydrogen) atoms. The van der Waals surface area contributed by atoms with Gasteiger partial charge in [0.25, 0.3) is 0 Å². The summed E-state index contributed by atoms with van der Waals surface area (Å²) in [5.41, 5.74) is 1.90. The maximum absolute atomic E-state index is 13.0. The monoisotopic (exact) mass is 370 g/mol. The number of piperidine rings is 1. The molecule has 5 heteroatoms. The highest BCUT2D eigenvalue weighted by molar-refractivity contribution is 5.93. The summed E-state index contributed by atoms with van der Waals surface area (Å²) in [5.74, 6) is 1.09. The molecule has 0 unspecified atom stereocenters. The van der Waals surface area contributed by atoms with Gasteiger partial charge in [0.1, 0.15) is 11.6 Å². The van der Waals surface area contributed by atoms with Gasteiger partial charge >= 0.3 is 0 Å². The zero-order valence-electron chi connectivity index (χ0n) is 15.8. The molecule has 144 valence electrons. The highest BCUT2D eigenvalue weighted by Crippen LogP contribution is 2.24. The van der Waals surface area contributed by atoms with Crippen LogP contribution < -0.4 is 10.1 Å². The molecule has 0 aromatic heterocycles. The summed E-state index contributed by atoms with van der Waals surface area (Å²) in [6, 6.07) is 14.3. The van der Waals surface area contributed by atoms with Crippen LogP contribution in [0.1, 0.15) is 25.3 Å². The van der Waals surface area contributed by atoms with Gasteiger partial charge in [-0.3, -0.25) is 9.69 Å². The summed E-state index contributed by atoms with van der Waals surface area (Å²) >= 11 is 0. The lowest BCUT2D eigenvalue weighted by atomic mass is 9.90. The second-order valence-corrected chi connectivity index (χ2v) is 7.03. The van der Waals surface area contributed by atoms with Crippen LogP contribution >= 0.6 is 0 Å². The van der Waals surface area contributed by atoms with E-state index in [1.54, 1.807) is 0 Å². The number of carbonyl (C=O) groups is 1.